The van der Waals surface area contributed by atoms with Crippen molar-refractivity contribution in [2.24, 2.45) is 0 Å². The molecule has 0 heterocycles. The van der Waals surface area contributed by atoms with Crippen molar-refractivity contribution in [2.45, 2.75) is 0 Å². The molecule has 0 aliphatic rings. The van der Waals surface area contributed by atoms with Gasteiger partial charge in [-0.15, -0.1) is 0 Å². The van der Waals surface area contributed by atoms with Crippen LogP contribution in [-0.4, -0.2) is 16.8 Å². The Bertz CT molecular complexity index is 181. The maximum Gasteiger partial charge on any atom is 0.308 e. The van der Waals surface area contributed by atoms with Crippen LogP contribution >= 0.6 is 0 Å². The largest absolute Gasteiger partial charge is 0.308 e. The van der Waals surface area contributed by atoms with Gasteiger partial charge >= 0.3 is 21.0 Å². The molecule has 0 radical (unpaired) electrons. The van der Waals surface area contributed by atoms with Gasteiger partial charge < -0.3 is 0 Å². The van der Waals surface area contributed by atoms with Gasteiger partial charge in [0, 0.05) is 0 Å². The molecular weight excluding hydrogens is 156 g/mol. The fraction of sp³-hybridized carbons (Fsp3) is 0. The van der Waals surface area contributed by atoms with Crippen molar-refractivity contribution in [3.05, 3.63) is 0 Å². The summed E-state index contributed by atoms with van der Waals surface area (Å²) >= 11 is 0. The van der Waals surface area contributed by atoms with Gasteiger partial charge in [0.05, 0.1) is 0 Å². The Morgan fingerprint density at radius 3 is 0.750 bits per heavy atom. The molecule has 0 fully saturated rings. The highest BCUT2D eigenvalue weighted by Gasteiger charge is 1.32. The standard InChI is InChI=1S/2HNO2S/c2*1-4(2)3/h2*1H. The second kappa shape index (κ2) is 6.24. The lowest BCUT2D eigenvalue weighted by atomic mass is 14.0. The van der Waals surface area contributed by atoms with Crippen molar-refractivity contribution in [1.82, 2.24) is 0 Å². The van der Waals surface area contributed by atoms with Crippen LogP contribution in [-0.2, 0) is 21.0 Å². The topological polar surface area (TPSA) is 116 Å². The van der Waals surface area contributed by atoms with E-state index in [1.54, 1.807) is 0 Å². The Kier molecular flexibility index (Phi) is 8.01. The molecule has 0 saturated heterocycles. The molecule has 0 aromatic carbocycles. The van der Waals surface area contributed by atoms with Crippen LogP contribution < -0.4 is 0 Å². The third-order valence-corrected chi connectivity index (χ3v) is 0. The van der Waals surface area contributed by atoms with E-state index in [9.17, 15) is 0 Å². The molecule has 48 valence electrons. The van der Waals surface area contributed by atoms with Crippen molar-refractivity contribution in [1.29, 1.82) is 9.56 Å². The average molecular weight is 158 g/mol. The Balaban J connectivity index is 0. The summed E-state index contributed by atoms with van der Waals surface area (Å²) in [5.41, 5.74) is 0. The van der Waals surface area contributed by atoms with E-state index < -0.39 is 21.0 Å². The van der Waals surface area contributed by atoms with E-state index in [0.29, 0.717) is 0 Å². The molecule has 2 N–H and O–H groups in total. The van der Waals surface area contributed by atoms with E-state index in [4.69, 9.17) is 26.4 Å². The molecule has 0 atom stereocenters. The quantitative estimate of drug-likeness (QED) is 0.482. The lowest BCUT2D eigenvalue weighted by Crippen LogP contribution is -1.34. The highest BCUT2D eigenvalue weighted by atomic mass is 32.2. The molecule has 6 nitrogen and oxygen atoms in total. The van der Waals surface area contributed by atoms with E-state index in [1.807, 2.05) is 0 Å². The normalized spacial score (nSPS) is 6.00. The third-order valence-electron chi connectivity index (χ3n) is 0. The molecule has 0 unspecified atom stereocenters. The lowest BCUT2D eigenvalue weighted by Gasteiger charge is -1.18. The molecule has 0 saturated carbocycles. The van der Waals surface area contributed by atoms with Gasteiger partial charge in [-0.05, 0) is 0 Å². The van der Waals surface area contributed by atoms with Crippen LogP contribution in [0.4, 0.5) is 0 Å². The van der Waals surface area contributed by atoms with Crippen LogP contribution in [0, 0.1) is 9.56 Å². The minimum Gasteiger partial charge on any atom is -0.188 e. The summed E-state index contributed by atoms with van der Waals surface area (Å²) in [4.78, 5) is 0. The van der Waals surface area contributed by atoms with Gasteiger partial charge in [0.15, 0.2) is 0 Å². The first kappa shape index (κ1) is 10.3. The molecule has 0 bridgehead atoms. The van der Waals surface area contributed by atoms with E-state index in [-0.39, 0.29) is 0 Å². The summed E-state index contributed by atoms with van der Waals surface area (Å²) in [6.45, 7) is 0. The highest BCUT2D eigenvalue weighted by molar-refractivity contribution is 7.60. The zero-order valence-corrected chi connectivity index (χ0v) is 5.08. The second-order valence-corrected chi connectivity index (χ2v) is 1.41. The average Bonchev–Trinajstić information content (AvgIpc) is 1.25. The molecule has 0 aliphatic carbocycles. The molecule has 0 aromatic heterocycles. The highest BCUT2D eigenvalue weighted by Crippen LogP contribution is 1.15. The maximum absolute atomic E-state index is 8.67. The van der Waals surface area contributed by atoms with Crippen molar-refractivity contribution in [2.75, 3.05) is 0 Å². The van der Waals surface area contributed by atoms with E-state index in [2.05, 4.69) is 0 Å². The summed E-state index contributed by atoms with van der Waals surface area (Å²) in [5, 5.41) is 0. The first-order chi connectivity index (χ1) is 3.46. The first-order valence-electron chi connectivity index (χ1n) is 1.07. The number of nitrogens with one attached hydrogen (secondary N) is 2. The Hall–Kier alpha value is -0.760. The second-order valence-electron chi connectivity index (χ2n) is 0.469. The molecule has 0 aromatic rings. The number of hydrogen-bond donors (Lipinski definition) is 2. The van der Waals surface area contributed by atoms with Crippen molar-refractivity contribution >= 4 is 21.0 Å². The molecule has 0 amide bonds. The van der Waals surface area contributed by atoms with Crippen LogP contribution in [0.15, 0.2) is 0 Å². The van der Waals surface area contributed by atoms with Crippen molar-refractivity contribution < 1.29 is 16.8 Å². The molecule has 0 spiro atoms. The predicted octanol–water partition coefficient (Wildman–Crippen LogP) is -0.744. The van der Waals surface area contributed by atoms with Gasteiger partial charge in [0.25, 0.3) is 0 Å². The van der Waals surface area contributed by atoms with Gasteiger partial charge in [-0.25, -0.2) is 0 Å². The van der Waals surface area contributed by atoms with Gasteiger partial charge in [0.2, 0.25) is 0 Å². The van der Waals surface area contributed by atoms with E-state index in [1.165, 1.54) is 0 Å². The van der Waals surface area contributed by atoms with Crippen LogP contribution in [0.2, 0.25) is 0 Å². The van der Waals surface area contributed by atoms with Gasteiger partial charge in [-0.2, -0.15) is 26.4 Å². The molecule has 0 aliphatic heterocycles. The Morgan fingerprint density at radius 2 is 0.750 bits per heavy atom. The van der Waals surface area contributed by atoms with Gasteiger partial charge in [-0.1, -0.05) is 0 Å². The molecule has 8 heteroatoms. The molecule has 0 rings (SSSR count). The monoisotopic (exact) mass is 158 g/mol. The minimum absolute atomic E-state index is 2.61. The SMILES string of the molecule is N=S(=O)=O.N=S(=O)=O. The first-order valence-corrected chi connectivity index (χ1v) is 3.22. The fourth-order valence-electron chi connectivity index (χ4n) is 0. The zero-order valence-electron chi connectivity index (χ0n) is 3.45. The maximum atomic E-state index is 8.67. The van der Waals surface area contributed by atoms with E-state index in [0.717, 1.165) is 0 Å². The summed E-state index contributed by atoms with van der Waals surface area (Å²) in [5.74, 6) is 0. The zero-order chi connectivity index (χ0) is 7.15. The van der Waals surface area contributed by atoms with Crippen LogP contribution in [0.3, 0.4) is 0 Å². The third kappa shape index (κ3) is 163. The van der Waals surface area contributed by atoms with Crippen LogP contribution in [0.25, 0.3) is 0 Å². The minimum atomic E-state index is -2.61. The van der Waals surface area contributed by atoms with Crippen LogP contribution in [0.5, 0.6) is 0 Å². The fourth-order valence-corrected chi connectivity index (χ4v) is 0. The number of rotatable bonds is 0. The Morgan fingerprint density at radius 1 is 0.750 bits per heavy atom. The van der Waals surface area contributed by atoms with Crippen molar-refractivity contribution in [3.63, 3.8) is 0 Å². The Labute approximate surface area is 48.1 Å². The van der Waals surface area contributed by atoms with E-state index >= 15 is 0 Å². The summed E-state index contributed by atoms with van der Waals surface area (Å²) in [7, 11) is -5.22. The molecular formula is H2N2O4S2. The number of hydrogen-bond acceptors (Lipinski definition) is 6. The predicted molar refractivity (Wildman–Crippen MR) is 23.3 cm³/mol. The van der Waals surface area contributed by atoms with Crippen molar-refractivity contribution in [3.8, 4) is 0 Å². The summed E-state index contributed by atoms with van der Waals surface area (Å²) < 4.78 is 45.7. The smallest absolute Gasteiger partial charge is 0.188 e. The van der Waals surface area contributed by atoms with Gasteiger partial charge in [-0.3, -0.25) is 0 Å². The molecule has 8 heavy (non-hydrogen) atoms. The lowest BCUT2D eigenvalue weighted by molar-refractivity contribution is 0.618. The van der Waals surface area contributed by atoms with Crippen LogP contribution in [0.1, 0.15) is 0 Å². The van der Waals surface area contributed by atoms with Gasteiger partial charge in [0.1, 0.15) is 0 Å². The summed E-state index contributed by atoms with van der Waals surface area (Å²) in [6, 6.07) is 0. The summed E-state index contributed by atoms with van der Waals surface area (Å²) in [6.07, 6.45) is 0.